The smallest absolute Gasteiger partial charge is 0.107 e. The Morgan fingerprint density at radius 2 is 1.50 bits per heavy atom. The van der Waals surface area contributed by atoms with Crippen molar-refractivity contribution in [2.45, 2.75) is 19.1 Å². The van der Waals surface area contributed by atoms with Gasteiger partial charge in [-0.3, -0.25) is 0 Å². The van der Waals surface area contributed by atoms with E-state index in [1.165, 1.54) is 21.8 Å². The number of aromatic nitrogens is 1. The molecule has 1 aromatic heterocycles. The minimum Gasteiger partial charge on any atom is -0.368 e. The van der Waals surface area contributed by atoms with Crippen LogP contribution < -0.4 is 0 Å². The molecule has 0 N–H and O–H groups in total. The van der Waals surface area contributed by atoms with Crippen molar-refractivity contribution in [3.63, 3.8) is 0 Å². The normalized spacial score (nSPS) is 22.7. The molecule has 4 rings (SSSR count). The predicted molar refractivity (Wildman–Crippen MR) is 73.8 cm³/mol. The number of hydrogen-bond donors (Lipinski definition) is 0. The molecule has 1 saturated heterocycles. The van der Waals surface area contributed by atoms with Gasteiger partial charge in [-0.05, 0) is 19.1 Å². The third kappa shape index (κ3) is 1.39. The summed E-state index contributed by atoms with van der Waals surface area (Å²) < 4.78 is 7.93. The molecule has 0 bridgehead atoms. The van der Waals surface area contributed by atoms with Gasteiger partial charge in [-0.15, -0.1) is 0 Å². The fraction of sp³-hybridized carbons (Fsp3) is 0.250. The van der Waals surface area contributed by atoms with Crippen molar-refractivity contribution in [2.75, 3.05) is 6.61 Å². The first kappa shape index (κ1) is 10.2. The summed E-state index contributed by atoms with van der Waals surface area (Å²) in [5, 5.41) is 2.66. The number of rotatable bonds is 2. The minimum absolute atomic E-state index is 0.0323. The zero-order valence-corrected chi connectivity index (χ0v) is 10.4. The van der Waals surface area contributed by atoms with Crippen LogP contribution in [0.1, 0.15) is 6.92 Å². The fourth-order valence-electron chi connectivity index (χ4n) is 2.72. The molecule has 1 aliphatic heterocycles. The van der Waals surface area contributed by atoms with E-state index in [4.69, 9.17) is 4.74 Å². The third-order valence-corrected chi connectivity index (χ3v) is 3.81. The average Bonchev–Trinajstić information content (AvgIpc) is 3.06. The summed E-state index contributed by atoms with van der Waals surface area (Å²) in [5.41, 5.74) is 2.63. The molecule has 0 saturated carbocycles. The Bertz CT molecular complexity index is 684. The van der Waals surface area contributed by atoms with Crippen molar-refractivity contribution in [2.24, 2.45) is 0 Å². The van der Waals surface area contributed by atoms with E-state index >= 15 is 0 Å². The highest BCUT2D eigenvalue weighted by molar-refractivity contribution is 6.07. The molecule has 0 aliphatic carbocycles. The summed E-state index contributed by atoms with van der Waals surface area (Å²) in [4.78, 5) is 0. The van der Waals surface area contributed by atoms with Crippen molar-refractivity contribution in [3.05, 3.63) is 48.5 Å². The van der Waals surface area contributed by atoms with E-state index in [-0.39, 0.29) is 5.60 Å². The molecule has 1 fully saturated rings. The molecule has 18 heavy (non-hydrogen) atoms. The summed E-state index contributed by atoms with van der Waals surface area (Å²) in [6.45, 7) is 3.98. The van der Waals surface area contributed by atoms with E-state index in [0.717, 1.165) is 13.2 Å². The second-order valence-electron chi connectivity index (χ2n) is 5.36. The van der Waals surface area contributed by atoms with Gasteiger partial charge in [-0.2, -0.15) is 0 Å². The third-order valence-electron chi connectivity index (χ3n) is 3.81. The second kappa shape index (κ2) is 3.36. The molecule has 90 valence electrons. The summed E-state index contributed by atoms with van der Waals surface area (Å²) in [5.74, 6) is 0. The number of epoxide rings is 1. The predicted octanol–water partition coefficient (Wildman–Crippen LogP) is 3.58. The number of hydrogen-bond acceptors (Lipinski definition) is 1. The number of nitrogens with zero attached hydrogens (tertiary/aromatic N) is 1. The van der Waals surface area contributed by atoms with Crippen LogP contribution in [0.25, 0.3) is 21.8 Å². The van der Waals surface area contributed by atoms with Gasteiger partial charge in [0.15, 0.2) is 0 Å². The van der Waals surface area contributed by atoms with Gasteiger partial charge in [0.2, 0.25) is 0 Å². The molecule has 2 nitrogen and oxygen atoms in total. The van der Waals surface area contributed by atoms with Crippen molar-refractivity contribution < 1.29 is 4.74 Å². The average molecular weight is 237 g/mol. The molecule has 1 atom stereocenters. The molecule has 2 heterocycles. The van der Waals surface area contributed by atoms with E-state index in [1.807, 2.05) is 0 Å². The summed E-state index contributed by atoms with van der Waals surface area (Å²) in [6, 6.07) is 17.2. The lowest BCUT2D eigenvalue weighted by Gasteiger charge is -2.10. The Kier molecular flexibility index (Phi) is 1.90. The zero-order chi connectivity index (χ0) is 12.2. The van der Waals surface area contributed by atoms with Gasteiger partial charge in [0.25, 0.3) is 0 Å². The maximum atomic E-state index is 5.55. The van der Waals surface area contributed by atoms with Gasteiger partial charge in [-0.25, -0.2) is 0 Å². The number of para-hydroxylation sites is 2. The lowest BCUT2D eigenvalue weighted by molar-refractivity contribution is 0.298. The van der Waals surface area contributed by atoms with Gasteiger partial charge < -0.3 is 9.30 Å². The van der Waals surface area contributed by atoms with Crippen LogP contribution in [0, 0.1) is 0 Å². The molecule has 0 unspecified atom stereocenters. The van der Waals surface area contributed by atoms with Crippen molar-refractivity contribution >= 4 is 21.8 Å². The highest BCUT2D eigenvalue weighted by Crippen LogP contribution is 2.34. The first-order valence-electron chi connectivity index (χ1n) is 6.37. The molecule has 0 radical (unpaired) electrons. The lowest BCUT2D eigenvalue weighted by atomic mass is 10.2. The van der Waals surface area contributed by atoms with Gasteiger partial charge in [0, 0.05) is 21.8 Å². The molecule has 0 spiro atoms. The van der Waals surface area contributed by atoms with Crippen LogP contribution in [-0.2, 0) is 11.3 Å². The minimum atomic E-state index is 0.0323. The fourth-order valence-corrected chi connectivity index (χ4v) is 2.72. The van der Waals surface area contributed by atoms with Crippen molar-refractivity contribution in [1.29, 1.82) is 0 Å². The lowest BCUT2D eigenvalue weighted by Crippen LogP contribution is -2.15. The summed E-state index contributed by atoms with van der Waals surface area (Å²) in [7, 11) is 0. The Hall–Kier alpha value is -1.80. The second-order valence-corrected chi connectivity index (χ2v) is 5.36. The van der Waals surface area contributed by atoms with Crippen LogP contribution in [0.5, 0.6) is 0 Å². The SMILES string of the molecule is C[C@@]1(Cn2c3ccccc3c3ccccc32)CO1. The number of ether oxygens (including phenoxy) is 1. The van der Waals surface area contributed by atoms with Gasteiger partial charge in [0.05, 0.1) is 13.2 Å². The number of benzene rings is 2. The van der Waals surface area contributed by atoms with E-state index in [0.29, 0.717) is 0 Å². The quantitative estimate of drug-likeness (QED) is 0.623. The van der Waals surface area contributed by atoms with Gasteiger partial charge in [0.1, 0.15) is 5.60 Å². The van der Waals surface area contributed by atoms with Crippen LogP contribution in [0.4, 0.5) is 0 Å². The molecule has 1 aliphatic rings. The van der Waals surface area contributed by atoms with E-state index in [1.54, 1.807) is 0 Å². The Morgan fingerprint density at radius 3 is 2.00 bits per heavy atom. The Labute approximate surface area is 106 Å². The topological polar surface area (TPSA) is 17.5 Å². The van der Waals surface area contributed by atoms with Crippen LogP contribution in [0.3, 0.4) is 0 Å². The molecule has 0 amide bonds. The molecular weight excluding hydrogens is 222 g/mol. The highest BCUT2D eigenvalue weighted by Gasteiger charge is 2.40. The van der Waals surface area contributed by atoms with E-state index < -0.39 is 0 Å². The van der Waals surface area contributed by atoms with Crippen LogP contribution in [0.2, 0.25) is 0 Å². The molecule has 2 heteroatoms. The van der Waals surface area contributed by atoms with Crippen molar-refractivity contribution in [1.82, 2.24) is 4.57 Å². The zero-order valence-electron chi connectivity index (χ0n) is 10.4. The van der Waals surface area contributed by atoms with Crippen LogP contribution >= 0.6 is 0 Å². The summed E-state index contributed by atoms with van der Waals surface area (Å²) >= 11 is 0. The Balaban J connectivity index is 2.06. The van der Waals surface area contributed by atoms with Crippen molar-refractivity contribution in [3.8, 4) is 0 Å². The standard InChI is InChI=1S/C16H15NO/c1-16(11-18-16)10-17-14-8-4-2-6-12(14)13-7-3-5-9-15(13)17/h2-9H,10-11H2,1H3/t16-/m1/s1. The first-order chi connectivity index (χ1) is 8.77. The van der Waals surface area contributed by atoms with Gasteiger partial charge >= 0.3 is 0 Å². The molecular formula is C16H15NO. The van der Waals surface area contributed by atoms with Crippen LogP contribution in [0.15, 0.2) is 48.5 Å². The summed E-state index contributed by atoms with van der Waals surface area (Å²) in [6.07, 6.45) is 0. The van der Waals surface area contributed by atoms with E-state index in [9.17, 15) is 0 Å². The maximum Gasteiger partial charge on any atom is 0.107 e. The molecule has 3 aromatic rings. The maximum absolute atomic E-state index is 5.55. The largest absolute Gasteiger partial charge is 0.368 e. The first-order valence-corrected chi connectivity index (χ1v) is 6.37. The Morgan fingerprint density at radius 1 is 1.00 bits per heavy atom. The highest BCUT2D eigenvalue weighted by atomic mass is 16.6. The monoisotopic (exact) mass is 237 g/mol. The van der Waals surface area contributed by atoms with Crippen LogP contribution in [-0.4, -0.2) is 16.8 Å². The molecule has 2 aromatic carbocycles. The number of fused-ring (bicyclic) bond motifs is 3. The van der Waals surface area contributed by atoms with E-state index in [2.05, 4.69) is 60.0 Å². The van der Waals surface area contributed by atoms with Gasteiger partial charge in [-0.1, -0.05) is 36.4 Å².